The third kappa shape index (κ3) is 4.06. The van der Waals surface area contributed by atoms with Crippen LogP contribution in [-0.2, 0) is 15.6 Å². The van der Waals surface area contributed by atoms with Gasteiger partial charge in [0, 0.05) is 10.9 Å². The summed E-state index contributed by atoms with van der Waals surface area (Å²) in [7, 11) is -3.79. The average molecular weight is 408 g/mol. The number of rotatable bonds is 5. The van der Waals surface area contributed by atoms with Crippen molar-refractivity contribution in [2.45, 2.75) is 17.6 Å². The number of thiophene rings is 1. The topological polar surface area (TPSA) is 71.4 Å². The summed E-state index contributed by atoms with van der Waals surface area (Å²) >= 11 is 0.781. The lowest BCUT2D eigenvalue weighted by Crippen LogP contribution is -2.08. The molecule has 4 nitrogen and oxygen atoms in total. The fourth-order valence-electron chi connectivity index (χ4n) is 2.74. The maximum absolute atomic E-state index is 13.5. The van der Waals surface area contributed by atoms with Crippen molar-refractivity contribution >= 4 is 27.1 Å². The van der Waals surface area contributed by atoms with Crippen molar-refractivity contribution in [1.82, 2.24) is 0 Å². The zero-order chi connectivity index (χ0) is 19.8. The van der Waals surface area contributed by atoms with Crippen LogP contribution in [0.4, 0.5) is 8.78 Å². The van der Waals surface area contributed by atoms with Gasteiger partial charge in [-0.3, -0.25) is 0 Å². The second-order valence-corrected chi connectivity index (χ2v) is 8.96. The van der Waals surface area contributed by atoms with Gasteiger partial charge in [-0.15, -0.1) is 11.3 Å². The van der Waals surface area contributed by atoms with E-state index in [0.29, 0.717) is 11.6 Å². The van der Waals surface area contributed by atoms with E-state index < -0.39 is 33.2 Å². The molecule has 2 aromatic carbocycles. The Morgan fingerprint density at radius 2 is 1.70 bits per heavy atom. The monoisotopic (exact) mass is 408 g/mol. The van der Waals surface area contributed by atoms with Gasteiger partial charge in [-0.05, 0) is 47.9 Å². The lowest BCUT2D eigenvalue weighted by molar-refractivity contribution is 0.0701. The molecule has 0 amide bonds. The van der Waals surface area contributed by atoms with Gasteiger partial charge in [-0.1, -0.05) is 18.2 Å². The van der Waals surface area contributed by atoms with Gasteiger partial charge in [0.25, 0.3) is 0 Å². The number of hydrogen-bond donors (Lipinski definition) is 1. The molecule has 0 bridgehead atoms. The van der Waals surface area contributed by atoms with Crippen LogP contribution in [0.1, 0.15) is 20.8 Å². The van der Waals surface area contributed by atoms with E-state index in [-0.39, 0.29) is 25.8 Å². The average Bonchev–Trinajstić information content (AvgIpc) is 2.97. The predicted molar refractivity (Wildman–Crippen MR) is 98.7 cm³/mol. The number of carboxylic acids is 1. The van der Waals surface area contributed by atoms with Crippen LogP contribution in [0.25, 0.3) is 10.4 Å². The van der Waals surface area contributed by atoms with Crippen LogP contribution in [0.5, 0.6) is 0 Å². The third-order valence-corrected chi connectivity index (χ3v) is 6.96. The molecule has 0 spiro atoms. The fourth-order valence-corrected chi connectivity index (χ4v) is 5.48. The van der Waals surface area contributed by atoms with Crippen LogP contribution < -0.4 is 0 Å². The first-order valence-electron chi connectivity index (χ1n) is 7.78. The molecule has 0 saturated heterocycles. The molecule has 1 aromatic heterocycles. The highest BCUT2D eigenvalue weighted by Crippen LogP contribution is 2.34. The number of aryl methyl sites for hydroxylation is 1. The highest BCUT2D eigenvalue weighted by atomic mass is 32.2. The van der Waals surface area contributed by atoms with Crippen LogP contribution in [0.2, 0.25) is 0 Å². The van der Waals surface area contributed by atoms with E-state index in [1.54, 1.807) is 25.1 Å². The molecule has 140 valence electrons. The van der Waals surface area contributed by atoms with Crippen molar-refractivity contribution < 1.29 is 27.1 Å². The van der Waals surface area contributed by atoms with Gasteiger partial charge < -0.3 is 5.11 Å². The van der Waals surface area contributed by atoms with Crippen LogP contribution in [0, 0.1) is 18.6 Å². The minimum Gasteiger partial charge on any atom is -0.477 e. The van der Waals surface area contributed by atoms with E-state index in [4.69, 9.17) is 0 Å². The van der Waals surface area contributed by atoms with E-state index in [1.165, 1.54) is 12.1 Å². The van der Waals surface area contributed by atoms with Gasteiger partial charge in [-0.25, -0.2) is 22.0 Å². The molecule has 3 rings (SSSR count). The van der Waals surface area contributed by atoms with Crippen molar-refractivity contribution in [3.8, 4) is 10.4 Å². The Morgan fingerprint density at radius 3 is 2.30 bits per heavy atom. The molecule has 1 N–H and O–H groups in total. The Morgan fingerprint density at radius 1 is 1.07 bits per heavy atom. The maximum atomic E-state index is 13.5. The molecule has 0 radical (unpaired) electrons. The number of hydrogen-bond acceptors (Lipinski definition) is 4. The molecular weight excluding hydrogens is 394 g/mol. The van der Waals surface area contributed by atoms with Crippen molar-refractivity contribution in [1.29, 1.82) is 0 Å². The van der Waals surface area contributed by atoms with Gasteiger partial charge in [0.1, 0.15) is 16.5 Å². The molecule has 0 fully saturated rings. The van der Waals surface area contributed by atoms with E-state index in [1.807, 2.05) is 0 Å². The summed E-state index contributed by atoms with van der Waals surface area (Å²) in [6.07, 6.45) is 0. The van der Waals surface area contributed by atoms with Gasteiger partial charge in [0.2, 0.25) is 0 Å². The van der Waals surface area contributed by atoms with Gasteiger partial charge in [0.15, 0.2) is 9.84 Å². The third-order valence-electron chi connectivity index (χ3n) is 3.92. The molecule has 27 heavy (non-hydrogen) atoms. The molecule has 0 atom stereocenters. The fraction of sp³-hybridized carbons (Fsp3) is 0.105. The molecule has 0 aliphatic carbocycles. The minimum atomic E-state index is -3.79. The van der Waals surface area contributed by atoms with Crippen molar-refractivity contribution in [3.63, 3.8) is 0 Å². The largest absolute Gasteiger partial charge is 0.477 e. The molecule has 0 aliphatic rings. The Hall–Kier alpha value is -2.58. The zero-order valence-corrected chi connectivity index (χ0v) is 15.7. The van der Waals surface area contributed by atoms with Crippen LogP contribution in [0.15, 0.2) is 53.4 Å². The van der Waals surface area contributed by atoms with E-state index in [9.17, 15) is 27.1 Å². The molecule has 0 aliphatic heterocycles. The molecule has 3 aromatic rings. The van der Waals surface area contributed by atoms with Crippen LogP contribution in [-0.4, -0.2) is 19.5 Å². The molecule has 8 heteroatoms. The standard InChI is InChI=1S/C19H14F2O4S2/c1-11-4-2-3-5-17(11)27(24,25)10-13-8-16(26-18(13)19(22)23)12-6-14(20)9-15(21)7-12/h2-9H,10H2,1H3,(H,22,23). The summed E-state index contributed by atoms with van der Waals surface area (Å²) in [5.41, 5.74) is 0.784. The minimum absolute atomic E-state index is 0.0791. The lowest BCUT2D eigenvalue weighted by atomic mass is 10.1. The Balaban J connectivity index is 2.07. The highest BCUT2D eigenvalue weighted by molar-refractivity contribution is 7.90. The number of benzene rings is 2. The predicted octanol–water partition coefficient (Wildman–Crippen LogP) is 4.67. The Kier molecular flexibility index (Phi) is 5.12. The second-order valence-electron chi connectivity index (χ2n) is 5.95. The van der Waals surface area contributed by atoms with E-state index in [0.717, 1.165) is 23.5 Å². The van der Waals surface area contributed by atoms with Gasteiger partial charge in [-0.2, -0.15) is 0 Å². The normalized spacial score (nSPS) is 11.5. The smallest absolute Gasteiger partial charge is 0.346 e. The number of carboxylic acid groups (broad SMARTS) is 1. The van der Waals surface area contributed by atoms with Gasteiger partial charge in [0.05, 0.1) is 10.6 Å². The molecular formula is C19H14F2O4S2. The van der Waals surface area contributed by atoms with Crippen LogP contribution >= 0.6 is 11.3 Å². The summed E-state index contributed by atoms with van der Waals surface area (Å²) in [5, 5.41) is 9.42. The van der Waals surface area contributed by atoms with Crippen molar-refractivity contribution in [2.75, 3.05) is 0 Å². The molecule has 1 heterocycles. The number of sulfone groups is 1. The van der Waals surface area contributed by atoms with Crippen molar-refractivity contribution in [2.24, 2.45) is 0 Å². The van der Waals surface area contributed by atoms with Gasteiger partial charge >= 0.3 is 5.97 Å². The molecule has 0 saturated carbocycles. The zero-order valence-electron chi connectivity index (χ0n) is 14.1. The molecule has 0 unspecified atom stereocenters. The first kappa shape index (κ1) is 19.2. The summed E-state index contributed by atoms with van der Waals surface area (Å²) in [4.78, 5) is 11.8. The first-order chi connectivity index (χ1) is 12.7. The first-order valence-corrected chi connectivity index (χ1v) is 10.2. The number of halogens is 2. The summed E-state index contributed by atoms with van der Waals surface area (Å²) in [6, 6.07) is 10.6. The van der Waals surface area contributed by atoms with E-state index >= 15 is 0 Å². The van der Waals surface area contributed by atoms with E-state index in [2.05, 4.69) is 0 Å². The SMILES string of the molecule is Cc1ccccc1S(=O)(=O)Cc1cc(-c2cc(F)cc(F)c2)sc1C(=O)O. The number of carbonyl (C=O) groups is 1. The maximum Gasteiger partial charge on any atom is 0.346 e. The van der Waals surface area contributed by atoms with Crippen molar-refractivity contribution in [3.05, 3.63) is 76.2 Å². The Bertz CT molecular complexity index is 1110. The highest BCUT2D eigenvalue weighted by Gasteiger charge is 2.24. The summed E-state index contributed by atoms with van der Waals surface area (Å²) in [6.45, 7) is 1.65. The second kappa shape index (κ2) is 7.21. The quantitative estimate of drug-likeness (QED) is 0.666. The lowest BCUT2D eigenvalue weighted by Gasteiger charge is -2.07. The summed E-state index contributed by atoms with van der Waals surface area (Å²) in [5.74, 6) is -3.42. The number of aromatic carboxylic acids is 1. The van der Waals surface area contributed by atoms with Crippen LogP contribution in [0.3, 0.4) is 0 Å². The Labute approximate surface area is 158 Å². The summed E-state index contributed by atoms with van der Waals surface area (Å²) < 4.78 is 52.4.